The Morgan fingerprint density at radius 3 is 2.43 bits per heavy atom. The number of nitrogens with one attached hydrogen (secondary N) is 4. The number of amides is 6. The maximum Gasteiger partial charge on any atom is 0.264 e. The summed E-state index contributed by atoms with van der Waals surface area (Å²) in [6.07, 6.45) is 10.5. The van der Waals surface area contributed by atoms with Crippen molar-refractivity contribution in [3.63, 3.8) is 0 Å². The Morgan fingerprint density at radius 1 is 0.926 bits per heavy atom. The molecule has 4 N–H and O–H groups in total. The van der Waals surface area contributed by atoms with E-state index in [1.165, 1.54) is 0 Å². The van der Waals surface area contributed by atoms with Crippen molar-refractivity contribution in [3.05, 3.63) is 77.1 Å². The van der Waals surface area contributed by atoms with Crippen LogP contribution in [-0.4, -0.2) is 93.0 Å². The second-order valence-corrected chi connectivity index (χ2v) is 14.1. The molecule has 7 rings (SSSR count). The number of piperidine rings is 1. The number of unbranched alkanes of at least 4 members (excludes halogenated alkanes) is 2. The average Bonchev–Trinajstić information content (AvgIpc) is 3.89. The van der Waals surface area contributed by atoms with E-state index < -0.39 is 29.7 Å². The second-order valence-electron chi connectivity index (χ2n) is 14.1. The van der Waals surface area contributed by atoms with Gasteiger partial charge in [-0.25, -0.2) is 4.98 Å². The van der Waals surface area contributed by atoms with Crippen LogP contribution in [-0.2, 0) is 9.59 Å². The van der Waals surface area contributed by atoms with Gasteiger partial charge in [-0.3, -0.25) is 39.0 Å². The predicted molar refractivity (Wildman–Crippen MR) is 201 cm³/mol. The number of nitrogens with zero attached hydrogens (tertiary/aromatic N) is 5. The van der Waals surface area contributed by atoms with Crippen LogP contribution in [0.3, 0.4) is 0 Å². The fraction of sp³-hybridized carbons (Fsp3) is 0.385. The van der Waals surface area contributed by atoms with Crippen molar-refractivity contribution in [1.29, 1.82) is 0 Å². The van der Waals surface area contributed by atoms with Crippen molar-refractivity contribution in [2.45, 2.75) is 69.9 Å². The number of hydrogen-bond acceptors (Lipinski definition) is 10. The molecule has 54 heavy (non-hydrogen) atoms. The first-order valence-corrected chi connectivity index (χ1v) is 18.4. The van der Waals surface area contributed by atoms with Gasteiger partial charge < -0.3 is 25.4 Å². The van der Waals surface area contributed by atoms with Crippen molar-refractivity contribution >= 4 is 63.8 Å². The number of hydrogen-bond donors (Lipinski definition) is 4. The summed E-state index contributed by atoms with van der Waals surface area (Å²) in [5.74, 6) is -2.02. The van der Waals surface area contributed by atoms with Crippen molar-refractivity contribution < 1.29 is 28.8 Å². The normalized spacial score (nSPS) is 17.1. The van der Waals surface area contributed by atoms with Gasteiger partial charge in [0, 0.05) is 69.0 Å². The molecule has 1 unspecified atom stereocenters. The van der Waals surface area contributed by atoms with Gasteiger partial charge in [-0.15, -0.1) is 0 Å². The highest BCUT2D eigenvalue weighted by Gasteiger charge is 2.45. The number of anilines is 3. The third-order valence-electron chi connectivity index (χ3n) is 10.3. The smallest absolute Gasteiger partial charge is 0.264 e. The zero-order valence-electron chi connectivity index (χ0n) is 30.3. The van der Waals surface area contributed by atoms with Gasteiger partial charge in [-0.05, 0) is 74.9 Å². The Labute approximate surface area is 311 Å². The first kappa shape index (κ1) is 36.2. The molecule has 15 heteroatoms. The van der Waals surface area contributed by atoms with Crippen molar-refractivity contribution in [1.82, 2.24) is 35.0 Å². The largest absolute Gasteiger partial charge is 0.384 e. The van der Waals surface area contributed by atoms with Crippen LogP contribution < -0.4 is 21.3 Å². The Balaban J connectivity index is 0.875. The Morgan fingerprint density at radius 2 is 1.69 bits per heavy atom. The summed E-state index contributed by atoms with van der Waals surface area (Å²) in [4.78, 5) is 87.9. The number of rotatable bonds is 13. The third-order valence-corrected chi connectivity index (χ3v) is 10.3. The maximum atomic E-state index is 13.3. The molecule has 1 aliphatic carbocycles. The van der Waals surface area contributed by atoms with Gasteiger partial charge in [-0.1, -0.05) is 18.9 Å². The lowest BCUT2D eigenvalue weighted by Crippen LogP contribution is -2.54. The molecule has 0 bridgehead atoms. The molecule has 2 aliphatic heterocycles. The number of carbonyl (C=O) groups is 6. The van der Waals surface area contributed by atoms with Crippen LogP contribution in [0.4, 0.5) is 17.3 Å². The van der Waals surface area contributed by atoms with Crippen LogP contribution in [0.15, 0.2) is 54.9 Å². The molecular weight excluding hydrogens is 690 g/mol. The van der Waals surface area contributed by atoms with Crippen LogP contribution in [0, 0.1) is 0 Å². The fourth-order valence-corrected chi connectivity index (χ4v) is 7.41. The molecule has 1 saturated carbocycles. The van der Waals surface area contributed by atoms with E-state index in [4.69, 9.17) is 4.98 Å². The van der Waals surface area contributed by atoms with E-state index in [2.05, 4.69) is 30.8 Å². The van der Waals surface area contributed by atoms with Gasteiger partial charge in [0.25, 0.3) is 23.6 Å². The standard InChI is InChI=1S/C39H43N9O6/c1-46(2)36(52)28-22-47(25-9-4-5-10-25)33-27(28)21-42-39(45-33)43-24-15-13-23(14-16-24)34(50)41-20-7-3-6-19-40-29-12-8-11-26-32(29)38(54)48(37(26)53)30-17-18-31(49)44-35(30)51/h8,11-16,21-22,25,30,40H,3-7,9-10,17-20H2,1-2H3,(H,41,50)(H,42,43,45)(H,44,49,51). The SMILES string of the molecule is CN(C)C(=O)c1cn(C2CCCC2)c2nc(Nc3ccc(C(=O)NCCCCCNc4cccc5c4C(=O)N(C4CCC(=O)NC4=O)C5=O)cc3)ncc12. The Hall–Kier alpha value is -6.12. The van der Waals surface area contributed by atoms with Crippen molar-refractivity contribution in [3.8, 4) is 0 Å². The molecule has 3 aliphatic rings. The quantitative estimate of drug-likeness (QED) is 0.113. The monoisotopic (exact) mass is 733 g/mol. The predicted octanol–water partition coefficient (Wildman–Crippen LogP) is 4.41. The first-order valence-electron chi connectivity index (χ1n) is 18.4. The van der Waals surface area contributed by atoms with Crippen LogP contribution in [0.1, 0.15) is 105 Å². The molecule has 1 saturated heterocycles. The molecular formula is C39H43N9O6. The molecule has 2 fully saturated rings. The maximum absolute atomic E-state index is 13.3. The summed E-state index contributed by atoms with van der Waals surface area (Å²) in [6, 6.07) is 11.3. The minimum atomic E-state index is -1.01. The summed E-state index contributed by atoms with van der Waals surface area (Å²) in [5, 5.41) is 12.4. The average molecular weight is 734 g/mol. The Kier molecular flexibility index (Phi) is 10.4. The fourth-order valence-electron chi connectivity index (χ4n) is 7.41. The number of imide groups is 2. The minimum absolute atomic E-state index is 0.0629. The van der Waals surface area contributed by atoms with E-state index in [1.54, 1.807) is 67.7 Å². The van der Waals surface area contributed by atoms with Crippen LogP contribution >= 0.6 is 0 Å². The Bertz CT molecular complexity index is 2140. The van der Waals surface area contributed by atoms with Crippen molar-refractivity contribution in [2.24, 2.45) is 0 Å². The van der Waals surface area contributed by atoms with Gasteiger partial charge in [0.1, 0.15) is 11.7 Å². The summed E-state index contributed by atoms with van der Waals surface area (Å²) in [5.41, 5.74) is 3.54. The molecule has 0 radical (unpaired) electrons. The highest BCUT2D eigenvalue weighted by atomic mass is 16.2. The van der Waals surface area contributed by atoms with E-state index in [-0.39, 0.29) is 35.8 Å². The molecule has 4 heterocycles. The summed E-state index contributed by atoms with van der Waals surface area (Å²) in [7, 11) is 3.47. The lowest BCUT2D eigenvalue weighted by molar-refractivity contribution is -0.136. The first-order chi connectivity index (χ1) is 26.1. The topological polar surface area (TPSA) is 188 Å². The summed E-state index contributed by atoms with van der Waals surface area (Å²) in [6.45, 7) is 1.03. The van der Waals surface area contributed by atoms with Gasteiger partial charge >= 0.3 is 0 Å². The van der Waals surface area contributed by atoms with E-state index >= 15 is 0 Å². The molecule has 1 atom stereocenters. The van der Waals surface area contributed by atoms with E-state index in [1.807, 2.05) is 6.20 Å². The van der Waals surface area contributed by atoms with E-state index in [9.17, 15) is 28.8 Å². The molecule has 280 valence electrons. The van der Waals surface area contributed by atoms with Gasteiger partial charge in [0.05, 0.1) is 22.1 Å². The lowest BCUT2D eigenvalue weighted by Gasteiger charge is -2.27. The molecule has 15 nitrogen and oxygen atoms in total. The molecule has 2 aromatic heterocycles. The highest BCUT2D eigenvalue weighted by Crippen LogP contribution is 2.35. The zero-order valence-corrected chi connectivity index (χ0v) is 30.3. The third kappa shape index (κ3) is 7.25. The molecule has 2 aromatic carbocycles. The van der Waals surface area contributed by atoms with Crippen LogP contribution in [0.5, 0.6) is 0 Å². The van der Waals surface area contributed by atoms with E-state index in [0.717, 1.165) is 66.6 Å². The number of aromatic nitrogens is 3. The minimum Gasteiger partial charge on any atom is -0.384 e. The zero-order chi connectivity index (χ0) is 37.9. The summed E-state index contributed by atoms with van der Waals surface area (Å²) >= 11 is 0. The highest BCUT2D eigenvalue weighted by molar-refractivity contribution is 6.25. The van der Waals surface area contributed by atoms with Crippen LogP contribution in [0.25, 0.3) is 11.0 Å². The van der Waals surface area contributed by atoms with Crippen LogP contribution in [0.2, 0.25) is 0 Å². The lowest BCUT2D eigenvalue weighted by atomic mass is 10.0. The molecule has 4 aromatic rings. The van der Waals surface area contributed by atoms with Gasteiger partial charge in [0.2, 0.25) is 17.8 Å². The number of carbonyl (C=O) groups excluding carboxylic acids is 6. The molecule has 6 amide bonds. The van der Waals surface area contributed by atoms with E-state index in [0.29, 0.717) is 41.9 Å². The summed E-state index contributed by atoms with van der Waals surface area (Å²) < 4.78 is 2.12. The number of benzene rings is 2. The van der Waals surface area contributed by atoms with Gasteiger partial charge in [0.15, 0.2) is 0 Å². The van der Waals surface area contributed by atoms with Gasteiger partial charge in [-0.2, -0.15) is 4.98 Å². The van der Waals surface area contributed by atoms with Crippen molar-refractivity contribution in [2.75, 3.05) is 37.8 Å². The second kappa shape index (κ2) is 15.5. The number of fused-ring (bicyclic) bond motifs is 2. The molecule has 0 spiro atoms.